The van der Waals surface area contributed by atoms with Crippen LogP contribution in [0.5, 0.6) is 0 Å². The Hall–Kier alpha value is -2.53. The molecule has 1 amide bonds. The minimum absolute atomic E-state index is 0.0356. The number of rotatable bonds is 5. The van der Waals surface area contributed by atoms with Crippen molar-refractivity contribution < 1.29 is 9.59 Å². The zero-order valence-electron chi connectivity index (χ0n) is 17.0. The van der Waals surface area contributed by atoms with E-state index < -0.39 is 5.92 Å². The van der Waals surface area contributed by atoms with Crippen LogP contribution in [0.4, 0.5) is 5.69 Å². The average Bonchev–Trinajstić information content (AvgIpc) is 2.79. The molecule has 0 radical (unpaired) electrons. The fraction of sp³-hybridized carbons (Fsp3) is 0.208. The van der Waals surface area contributed by atoms with Gasteiger partial charge in [0.25, 0.3) is 0 Å². The SMILES string of the molecule is N#CC1=C(SCC(=O)Nc2ccc(Br)cc2)NC2=C(C(=O)CCC2)C1c1ccccc1Cl. The zero-order chi connectivity index (χ0) is 22.7. The van der Waals surface area contributed by atoms with E-state index in [4.69, 9.17) is 11.6 Å². The third kappa shape index (κ3) is 4.78. The molecule has 1 heterocycles. The summed E-state index contributed by atoms with van der Waals surface area (Å²) in [6.07, 6.45) is 1.93. The number of anilines is 1. The number of allylic oxidation sites excluding steroid dienone is 3. The van der Waals surface area contributed by atoms with Crippen LogP contribution in [0, 0.1) is 11.3 Å². The number of hydrogen-bond donors (Lipinski definition) is 2. The number of benzene rings is 2. The molecule has 1 aliphatic carbocycles. The highest BCUT2D eigenvalue weighted by Crippen LogP contribution is 2.45. The number of dihydropyridines is 1. The maximum absolute atomic E-state index is 12.8. The van der Waals surface area contributed by atoms with Crippen LogP contribution < -0.4 is 10.6 Å². The predicted molar refractivity (Wildman–Crippen MR) is 131 cm³/mol. The largest absolute Gasteiger partial charge is 0.352 e. The smallest absolute Gasteiger partial charge is 0.234 e. The number of hydrogen-bond acceptors (Lipinski definition) is 5. The van der Waals surface area contributed by atoms with E-state index in [1.807, 2.05) is 42.5 Å². The number of Topliss-reactive ketones (excluding diaryl/α,β-unsaturated/α-hetero) is 1. The lowest BCUT2D eigenvalue weighted by Gasteiger charge is -2.33. The number of nitrogens with zero attached hydrogens (tertiary/aromatic N) is 1. The molecule has 2 aliphatic rings. The Morgan fingerprint density at radius 3 is 2.69 bits per heavy atom. The van der Waals surface area contributed by atoms with Gasteiger partial charge in [0.15, 0.2) is 5.78 Å². The van der Waals surface area contributed by atoms with Crippen LogP contribution in [0.1, 0.15) is 30.7 Å². The Morgan fingerprint density at radius 2 is 1.97 bits per heavy atom. The minimum Gasteiger partial charge on any atom is -0.352 e. The van der Waals surface area contributed by atoms with Crippen molar-refractivity contribution in [2.45, 2.75) is 25.2 Å². The van der Waals surface area contributed by atoms with Crippen LogP contribution in [-0.2, 0) is 9.59 Å². The van der Waals surface area contributed by atoms with Crippen molar-refractivity contribution in [1.82, 2.24) is 5.32 Å². The van der Waals surface area contributed by atoms with E-state index >= 15 is 0 Å². The van der Waals surface area contributed by atoms with Gasteiger partial charge in [0, 0.05) is 32.9 Å². The second-order valence-corrected chi connectivity index (χ2v) is 9.76. The van der Waals surface area contributed by atoms with Gasteiger partial charge in [-0.15, -0.1) is 0 Å². The highest BCUT2D eigenvalue weighted by Gasteiger charge is 2.37. The molecule has 0 bridgehead atoms. The molecule has 5 nitrogen and oxygen atoms in total. The van der Waals surface area contributed by atoms with Crippen molar-refractivity contribution in [3.63, 3.8) is 0 Å². The van der Waals surface area contributed by atoms with Gasteiger partial charge in [-0.2, -0.15) is 5.26 Å². The first kappa shape index (κ1) is 22.7. The second kappa shape index (κ2) is 9.95. The van der Waals surface area contributed by atoms with Crippen LogP contribution in [0.3, 0.4) is 0 Å². The highest BCUT2D eigenvalue weighted by atomic mass is 79.9. The summed E-state index contributed by atoms with van der Waals surface area (Å²) in [6, 6.07) is 16.9. The molecular formula is C24H19BrClN3O2S. The van der Waals surface area contributed by atoms with Gasteiger partial charge in [-0.1, -0.05) is 57.5 Å². The third-order valence-corrected chi connectivity index (χ3v) is 7.24. The molecule has 1 aliphatic heterocycles. The van der Waals surface area contributed by atoms with E-state index in [9.17, 15) is 14.9 Å². The van der Waals surface area contributed by atoms with Gasteiger partial charge in [0.2, 0.25) is 5.91 Å². The Morgan fingerprint density at radius 1 is 1.22 bits per heavy atom. The number of carbonyl (C=O) groups excluding carboxylic acids is 2. The molecule has 0 saturated carbocycles. The van der Waals surface area contributed by atoms with Gasteiger partial charge in [-0.3, -0.25) is 9.59 Å². The molecule has 0 aromatic heterocycles. The fourth-order valence-corrected chi connectivity index (χ4v) is 5.30. The summed E-state index contributed by atoms with van der Waals surface area (Å²) in [5.74, 6) is -0.559. The molecule has 2 aromatic rings. The number of amides is 1. The average molecular weight is 529 g/mol. The van der Waals surface area contributed by atoms with Crippen LogP contribution in [0.25, 0.3) is 0 Å². The molecule has 4 rings (SSSR count). The van der Waals surface area contributed by atoms with E-state index in [0.717, 1.165) is 28.6 Å². The van der Waals surface area contributed by atoms with E-state index in [1.54, 1.807) is 6.07 Å². The van der Waals surface area contributed by atoms with Crippen molar-refractivity contribution in [2.24, 2.45) is 0 Å². The summed E-state index contributed by atoms with van der Waals surface area (Å²) < 4.78 is 0.928. The van der Waals surface area contributed by atoms with Crippen LogP contribution in [0.15, 0.2) is 74.9 Å². The fourth-order valence-electron chi connectivity index (χ4n) is 3.93. The number of carbonyl (C=O) groups is 2. The van der Waals surface area contributed by atoms with Gasteiger partial charge in [-0.05, 0) is 48.7 Å². The van der Waals surface area contributed by atoms with E-state index in [-0.39, 0.29) is 17.4 Å². The van der Waals surface area contributed by atoms with Crippen molar-refractivity contribution in [3.05, 3.63) is 85.5 Å². The highest BCUT2D eigenvalue weighted by molar-refractivity contribution is 9.10. The predicted octanol–water partition coefficient (Wildman–Crippen LogP) is 5.90. The number of ketones is 1. The topological polar surface area (TPSA) is 82.0 Å². The standard InChI is InChI=1S/C24H19BrClN3O2S/c25-14-8-10-15(11-9-14)28-21(31)13-32-24-17(12-27)22(16-4-1-2-5-18(16)26)23-19(29-24)6-3-7-20(23)30/h1-2,4-5,8-11,22,29H,3,6-7,13H2,(H,28,31). The van der Waals surface area contributed by atoms with Crippen LogP contribution >= 0.6 is 39.3 Å². The Kier molecular flexibility index (Phi) is 7.04. The third-order valence-electron chi connectivity index (χ3n) is 5.35. The molecule has 2 aromatic carbocycles. The number of thioether (sulfide) groups is 1. The summed E-state index contributed by atoms with van der Waals surface area (Å²) in [5, 5.41) is 17.3. The molecule has 0 spiro atoms. The van der Waals surface area contributed by atoms with Crippen LogP contribution in [-0.4, -0.2) is 17.4 Å². The first-order valence-electron chi connectivity index (χ1n) is 10.1. The molecular weight excluding hydrogens is 510 g/mol. The first-order chi connectivity index (χ1) is 15.5. The molecule has 0 fully saturated rings. The monoisotopic (exact) mass is 527 g/mol. The molecule has 32 heavy (non-hydrogen) atoms. The normalized spacial score (nSPS) is 18.0. The quantitative estimate of drug-likeness (QED) is 0.505. The molecule has 0 saturated heterocycles. The zero-order valence-corrected chi connectivity index (χ0v) is 20.1. The number of halogens is 2. The lowest BCUT2D eigenvalue weighted by atomic mass is 9.77. The Labute approximate surface area is 204 Å². The maximum atomic E-state index is 12.8. The second-order valence-electron chi connectivity index (χ2n) is 7.45. The van der Waals surface area contributed by atoms with Gasteiger partial charge < -0.3 is 10.6 Å². The van der Waals surface area contributed by atoms with E-state index in [0.29, 0.717) is 33.3 Å². The summed E-state index contributed by atoms with van der Waals surface area (Å²) in [6.45, 7) is 0. The number of nitrogens with one attached hydrogen (secondary N) is 2. The number of nitriles is 1. The van der Waals surface area contributed by atoms with E-state index in [2.05, 4.69) is 32.6 Å². The van der Waals surface area contributed by atoms with Crippen molar-refractivity contribution in [3.8, 4) is 6.07 Å². The summed E-state index contributed by atoms with van der Waals surface area (Å²) in [4.78, 5) is 25.3. The van der Waals surface area contributed by atoms with Crippen molar-refractivity contribution >= 4 is 56.7 Å². The Balaban J connectivity index is 1.62. The molecule has 8 heteroatoms. The molecule has 1 atom stereocenters. The Bertz CT molecular complexity index is 1180. The summed E-state index contributed by atoms with van der Waals surface area (Å²) in [5.41, 5.74) is 3.27. The van der Waals surface area contributed by atoms with E-state index in [1.165, 1.54) is 11.8 Å². The van der Waals surface area contributed by atoms with Crippen molar-refractivity contribution in [2.75, 3.05) is 11.1 Å². The molecule has 162 valence electrons. The van der Waals surface area contributed by atoms with Gasteiger partial charge in [0.05, 0.1) is 28.3 Å². The summed E-state index contributed by atoms with van der Waals surface area (Å²) in [7, 11) is 0. The lowest BCUT2D eigenvalue weighted by molar-refractivity contribution is -0.116. The van der Waals surface area contributed by atoms with Gasteiger partial charge in [0.1, 0.15) is 0 Å². The van der Waals surface area contributed by atoms with Gasteiger partial charge in [-0.25, -0.2) is 0 Å². The minimum atomic E-state index is -0.533. The lowest BCUT2D eigenvalue weighted by Crippen LogP contribution is -2.31. The molecule has 1 unspecified atom stereocenters. The summed E-state index contributed by atoms with van der Waals surface area (Å²) >= 11 is 11.1. The maximum Gasteiger partial charge on any atom is 0.234 e. The van der Waals surface area contributed by atoms with Crippen LogP contribution in [0.2, 0.25) is 5.02 Å². The van der Waals surface area contributed by atoms with Gasteiger partial charge >= 0.3 is 0 Å². The first-order valence-corrected chi connectivity index (χ1v) is 12.2. The van der Waals surface area contributed by atoms with Crippen molar-refractivity contribution in [1.29, 1.82) is 5.26 Å². The molecule has 2 N–H and O–H groups in total.